The summed E-state index contributed by atoms with van der Waals surface area (Å²) in [6.45, 7) is 0. The van der Waals surface area contributed by atoms with E-state index in [1.165, 1.54) is 6.07 Å². The predicted molar refractivity (Wildman–Crippen MR) is 55.4 cm³/mol. The van der Waals surface area contributed by atoms with E-state index in [0.717, 1.165) is 24.8 Å². The summed E-state index contributed by atoms with van der Waals surface area (Å²) in [6.07, 6.45) is 3.08. The molecular weight excluding hydrogens is 179 g/mol. The highest BCUT2D eigenvalue weighted by molar-refractivity contribution is 5.41. The minimum absolute atomic E-state index is 0.105. The molecule has 0 aliphatic heterocycles. The Morgan fingerprint density at radius 2 is 2.07 bits per heavy atom. The number of hydrogen-bond donors (Lipinski definition) is 2. The molecule has 0 bridgehead atoms. The van der Waals surface area contributed by atoms with E-state index in [1.807, 2.05) is 0 Å². The van der Waals surface area contributed by atoms with E-state index in [9.17, 15) is 4.39 Å². The maximum Gasteiger partial charge on any atom is 0.128 e. The second-order valence-corrected chi connectivity index (χ2v) is 3.98. The lowest BCUT2D eigenvalue weighted by Crippen LogP contribution is -2.23. The molecule has 1 aliphatic rings. The van der Waals surface area contributed by atoms with Crippen LogP contribution in [-0.2, 0) is 0 Å². The Bertz CT molecular complexity index is 338. The Hall–Kier alpha value is -1.09. The second-order valence-electron chi connectivity index (χ2n) is 3.98. The number of nitrogens with two attached hydrogens (primary N) is 2. The number of rotatable bonds is 1. The fourth-order valence-corrected chi connectivity index (χ4v) is 2.22. The van der Waals surface area contributed by atoms with E-state index in [1.54, 1.807) is 12.1 Å². The normalized spacial score (nSPS) is 26.7. The van der Waals surface area contributed by atoms with E-state index in [0.29, 0.717) is 5.69 Å². The molecule has 0 radical (unpaired) electrons. The van der Waals surface area contributed by atoms with Crippen LogP contribution in [-0.4, -0.2) is 6.04 Å². The third-order valence-electron chi connectivity index (χ3n) is 2.99. The SMILES string of the molecule is Nc1ccc(C2CCCC2N)c(F)c1. The Labute approximate surface area is 83.1 Å². The van der Waals surface area contributed by atoms with Crippen LogP contribution in [0.3, 0.4) is 0 Å². The quantitative estimate of drug-likeness (QED) is 0.672. The van der Waals surface area contributed by atoms with E-state index in [4.69, 9.17) is 11.5 Å². The summed E-state index contributed by atoms with van der Waals surface area (Å²) in [5.41, 5.74) is 12.6. The topological polar surface area (TPSA) is 52.0 Å². The average molecular weight is 194 g/mol. The molecule has 0 spiro atoms. The third-order valence-corrected chi connectivity index (χ3v) is 2.99. The van der Waals surface area contributed by atoms with Crippen LogP contribution in [0, 0.1) is 5.82 Å². The Kier molecular flexibility index (Phi) is 2.42. The van der Waals surface area contributed by atoms with Gasteiger partial charge in [-0.1, -0.05) is 12.5 Å². The standard InChI is InChI=1S/C11H15FN2/c12-10-6-7(13)4-5-8(10)9-2-1-3-11(9)14/h4-6,9,11H,1-3,13-14H2. The van der Waals surface area contributed by atoms with Crippen molar-refractivity contribution in [2.24, 2.45) is 5.73 Å². The van der Waals surface area contributed by atoms with Crippen molar-refractivity contribution in [3.63, 3.8) is 0 Å². The third kappa shape index (κ3) is 1.60. The van der Waals surface area contributed by atoms with Gasteiger partial charge in [0.2, 0.25) is 0 Å². The largest absolute Gasteiger partial charge is 0.399 e. The first-order valence-corrected chi connectivity index (χ1v) is 4.99. The van der Waals surface area contributed by atoms with Gasteiger partial charge in [0.25, 0.3) is 0 Å². The molecule has 2 rings (SSSR count). The van der Waals surface area contributed by atoms with Crippen molar-refractivity contribution in [1.29, 1.82) is 0 Å². The summed E-state index contributed by atoms with van der Waals surface area (Å²) >= 11 is 0. The van der Waals surface area contributed by atoms with Gasteiger partial charge < -0.3 is 11.5 Å². The van der Waals surface area contributed by atoms with Crippen LogP contribution in [0.5, 0.6) is 0 Å². The van der Waals surface area contributed by atoms with Crippen molar-refractivity contribution in [3.8, 4) is 0 Å². The Morgan fingerprint density at radius 1 is 1.29 bits per heavy atom. The number of hydrogen-bond acceptors (Lipinski definition) is 2. The molecule has 1 fully saturated rings. The lowest BCUT2D eigenvalue weighted by atomic mass is 9.94. The summed E-state index contributed by atoms with van der Waals surface area (Å²) in [5, 5.41) is 0. The molecule has 0 amide bonds. The monoisotopic (exact) mass is 194 g/mol. The van der Waals surface area contributed by atoms with E-state index < -0.39 is 0 Å². The van der Waals surface area contributed by atoms with Gasteiger partial charge in [0, 0.05) is 17.6 Å². The van der Waals surface area contributed by atoms with Crippen LogP contribution >= 0.6 is 0 Å². The van der Waals surface area contributed by atoms with Gasteiger partial charge in [-0.05, 0) is 30.5 Å². The first-order chi connectivity index (χ1) is 6.68. The highest BCUT2D eigenvalue weighted by atomic mass is 19.1. The molecule has 76 valence electrons. The number of nitrogen functional groups attached to an aromatic ring is 1. The van der Waals surface area contributed by atoms with Crippen LogP contribution < -0.4 is 11.5 Å². The van der Waals surface area contributed by atoms with Gasteiger partial charge in [-0.25, -0.2) is 4.39 Å². The van der Waals surface area contributed by atoms with Gasteiger partial charge in [0.1, 0.15) is 5.82 Å². The highest BCUT2D eigenvalue weighted by Gasteiger charge is 2.27. The zero-order chi connectivity index (χ0) is 10.1. The lowest BCUT2D eigenvalue weighted by Gasteiger charge is -2.16. The van der Waals surface area contributed by atoms with Gasteiger partial charge in [-0.2, -0.15) is 0 Å². The molecule has 0 heterocycles. The maximum atomic E-state index is 13.5. The first-order valence-electron chi connectivity index (χ1n) is 4.99. The van der Waals surface area contributed by atoms with E-state index in [2.05, 4.69) is 0 Å². The molecule has 1 saturated carbocycles. The summed E-state index contributed by atoms with van der Waals surface area (Å²) in [4.78, 5) is 0. The summed E-state index contributed by atoms with van der Waals surface area (Å²) < 4.78 is 13.5. The number of halogens is 1. The summed E-state index contributed by atoms with van der Waals surface area (Å²) in [6, 6.07) is 4.98. The van der Waals surface area contributed by atoms with Crippen molar-refractivity contribution in [1.82, 2.24) is 0 Å². The van der Waals surface area contributed by atoms with Crippen molar-refractivity contribution >= 4 is 5.69 Å². The first kappa shape index (κ1) is 9.46. The minimum Gasteiger partial charge on any atom is -0.399 e. The van der Waals surface area contributed by atoms with Crippen molar-refractivity contribution in [3.05, 3.63) is 29.6 Å². The Balaban J connectivity index is 2.31. The molecule has 4 N–H and O–H groups in total. The molecule has 0 saturated heterocycles. The molecule has 2 atom stereocenters. The van der Waals surface area contributed by atoms with Gasteiger partial charge in [-0.3, -0.25) is 0 Å². The fourth-order valence-electron chi connectivity index (χ4n) is 2.22. The molecule has 14 heavy (non-hydrogen) atoms. The van der Waals surface area contributed by atoms with Crippen molar-refractivity contribution in [2.75, 3.05) is 5.73 Å². The van der Waals surface area contributed by atoms with Gasteiger partial charge in [-0.15, -0.1) is 0 Å². The van der Waals surface area contributed by atoms with Gasteiger partial charge >= 0.3 is 0 Å². The molecule has 3 heteroatoms. The minimum atomic E-state index is -0.215. The molecule has 1 aliphatic carbocycles. The average Bonchev–Trinajstić information content (AvgIpc) is 2.52. The molecule has 1 aromatic carbocycles. The maximum absolute atomic E-state index is 13.5. The van der Waals surface area contributed by atoms with E-state index in [-0.39, 0.29) is 17.8 Å². The van der Waals surface area contributed by atoms with Crippen LogP contribution in [0.4, 0.5) is 10.1 Å². The van der Waals surface area contributed by atoms with Crippen LogP contribution in [0.1, 0.15) is 30.7 Å². The van der Waals surface area contributed by atoms with Crippen molar-refractivity contribution < 1.29 is 4.39 Å². The molecule has 0 aromatic heterocycles. The smallest absolute Gasteiger partial charge is 0.128 e. The summed E-state index contributed by atoms with van der Waals surface area (Å²) in [7, 11) is 0. The molecular formula is C11H15FN2. The zero-order valence-corrected chi connectivity index (χ0v) is 8.04. The lowest BCUT2D eigenvalue weighted by molar-refractivity contribution is 0.550. The van der Waals surface area contributed by atoms with Crippen LogP contribution in [0.2, 0.25) is 0 Å². The van der Waals surface area contributed by atoms with E-state index >= 15 is 0 Å². The fraction of sp³-hybridized carbons (Fsp3) is 0.455. The Morgan fingerprint density at radius 3 is 2.64 bits per heavy atom. The molecule has 1 aromatic rings. The molecule has 2 unspecified atom stereocenters. The highest BCUT2D eigenvalue weighted by Crippen LogP contribution is 2.34. The summed E-state index contributed by atoms with van der Waals surface area (Å²) in [5.74, 6) is -0.0389. The van der Waals surface area contributed by atoms with Gasteiger partial charge in [0.15, 0.2) is 0 Å². The van der Waals surface area contributed by atoms with Crippen LogP contribution in [0.15, 0.2) is 18.2 Å². The molecule has 2 nitrogen and oxygen atoms in total. The number of anilines is 1. The number of benzene rings is 1. The van der Waals surface area contributed by atoms with Crippen LogP contribution in [0.25, 0.3) is 0 Å². The second kappa shape index (κ2) is 3.58. The van der Waals surface area contributed by atoms with Crippen molar-refractivity contribution in [2.45, 2.75) is 31.2 Å². The predicted octanol–water partition coefficient (Wildman–Crippen LogP) is 2.00. The van der Waals surface area contributed by atoms with Gasteiger partial charge in [0.05, 0.1) is 0 Å². The zero-order valence-electron chi connectivity index (χ0n) is 8.04.